The molecule has 0 spiro atoms. The second-order valence-corrected chi connectivity index (χ2v) is 7.28. The van der Waals surface area contributed by atoms with Gasteiger partial charge in [-0.25, -0.2) is 9.78 Å². The third kappa shape index (κ3) is 5.08. The first-order chi connectivity index (χ1) is 15.7. The van der Waals surface area contributed by atoms with Crippen molar-refractivity contribution in [1.29, 1.82) is 0 Å². The molecule has 0 N–H and O–H groups in total. The molecule has 3 aromatic rings. The number of halogens is 3. The van der Waals surface area contributed by atoms with Gasteiger partial charge in [0.15, 0.2) is 12.3 Å². The summed E-state index contributed by atoms with van der Waals surface area (Å²) in [5.74, 6) is -0.906. The van der Waals surface area contributed by atoms with Gasteiger partial charge in [-0.1, -0.05) is 18.2 Å². The molecule has 4 rings (SSSR count). The first kappa shape index (κ1) is 22.2. The van der Waals surface area contributed by atoms with Crippen LogP contribution in [0.15, 0.2) is 48.7 Å². The molecule has 0 aliphatic carbocycles. The number of hydrogen-bond acceptors (Lipinski definition) is 7. The number of aromatic nitrogens is 3. The Morgan fingerprint density at radius 3 is 2.61 bits per heavy atom. The molecule has 0 unspecified atom stereocenters. The Hall–Kier alpha value is -4.02. The number of carbonyl (C=O) groups excluding carboxylic acids is 2. The first-order valence-electron chi connectivity index (χ1n) is 9.78. The van der Waals surface area contributed by atoms with Gasteiger partial charge >= 0.3 is 12.1 Å². The van der Waals surface area contributed by atoms with E-state index in [-0.39, 0.29) is 30.6 Å². The molecule has 8 nitrogen and oxygen atoms in total. The van der Waals surface area contributed by atoms with Gasteiger partial charge < -0.3 is 14.4 Å². The van der Waals surface area contributed by atoms with Crippen LogP contribution in [0.25, 0.3) is 0 Å². The predicted octanol–water partition coefficient (Wildman–Crippen LogP) is 3.50. The van der Waals surface area contributed by atoms with Crippen LogP contribution in [0.2, 0.25) is 0 Å². The lowest BCUT2D eigenvalue weighted by atomic mass is 10.1. The molecule has 0 atom stereocenters. The maximum atomic E-state index is 12.8. The van der Waals surface area contributed by atoms with Crippen LogP contribution in [-0.4, -0.2) is 44.7 Å². The van der Waals surface area contributed by atoms with Gasteiger partial charge in [0.1, 0.15) is 5.75 Å². The summed E-state index contributed by atoms with van der Waals surface area (Å²) >= 11 is 0. The summed E-state index contributed by atoms with van der Waals surface area (Å²) in [6, 6.07) is 11.5. The second-order valence-electron chi connectivity index (χ2n) is 7.28. The van der Waals surface area contributed by atoms with Crippen LogP contribution >= 0.6 is 0 Å². The molecule has 0 saturated heterocycles. The summed E-state index contributed by atoms with van der Waals surface area (Å²) in [7, 11) is 0. The lowest BCUT2D eigenvalue weighted by Gasteiger charge is -2.16. The Bertz CT molecular complexity index is 1200. The third-order valence-electron chi connectivity index (χ3n) is 4.78. The van der Waals surface area contributed by atoms with Crippen molar-refractivity contribution in [1.82, 2.24) is 20.1 Å². The number of alkyl halides is 3. The quantitative estimate of drug-likeness (QED) is 0.412. The van der Waals surface area contributed by atoms with E-state index in [2.05, 4.69) is 19.9 Å². The number of carbonyl (C=O) groups is 2. The van der Waals surface area contributed by atoms with Crippen LogP contribution in [0.5, 0.6) is 11.6 Å². The van der Waals surface area contributed by atoms with Crippen LogP contribution in [0.1, 0.15) is 37.7 Å². The zero-order valence-electron chi connectivity index (χ0n) is 17.3. The normalized spacial score (nSPS) is 13.1. The van der Waals surface area contributed by atoms with Crippen molar-refractivity contribution in [2.24, 2.45) is 0 Å². The molecule has 11 heteroatoms. The van der Waals surface area contributed by atoms with Crippen molar-refractivity contribution in [3.8, 4) is 11.6 Å². The number of benzene rings is 1. The largest absolute Gasteiger partial charge is 0.467 e. The number of aryl methyl sites for hydroxylation is 1. The maximum Gasteiger partial charge on any atom is 0.422 e. The van der Waals surface area contributed by atoms with E-state index in [0.717, 1.165) is 0 Å². The Morgan fingerprint density at radius 2 is 1.91 bits per heavy atom. The van der Waals surface area contributed by atoms with Gasteiger partial charge in [0.25, 0.3) is 5.91 Å². The third-order valence-corrected chi connectivity index (χ3v) is 4.78. The van der Waals surface area contributed by atoms with Crippen LogP contribution < -0.4 is 9.47 Å². The van der Waals surface area contributed by atoms with Crippen LogP contribution in [0, 0.1) is 6.92 Å². The molecule has 33 heavy (non-hydrogen) atoms. The van der Waals surface area contributed by atoms with E-state index in [1.54, 1.807) is 30.3 Å². The van der Waals surface area contributed by atoms with E-state index in [4.69, 9.17) is 4.74 Å². The molecular weight excluding hydrogens is 441 g/mol. The predicted molar refractivity (Wildman–Crippen MR) is 108 cm³/mol. The molecule has 2 aromatic heterocycles. The smallest absolute Gasteiger partial charge is 0.422 e. The van der Waals surface area contributed by atoms with Crippen molar-refractivity contribution < 1.29 is 32.2 Å². The lowest BCUT2D eigenvalue weighted by molar-refractivity contribution is -0.154. The minimum atomic E-state index is -4.49. The highest BCUT2D eigenvalue weighted by Crippen LogP contribution is 2.27. The number of nitrogens with zero attached hydrogens (tertiary/aromatic N) is 4. The van der Waals surface area contributed by atoms with Gasteiger partial charge in [-0.15, -0.1) is 10.2 Å². The van der Waals surface area contributed by atoms with E-state index in [9.17, 15) is 22.8 Å². The molecule has 1 amide bonds. The topological polar surface area (TPSA) is 94.5 Å². The fraction of sp³-hybridized carbons (Fsp3) is 0.227. The van der Waals surface area contributed by atoms with Gasteiger partial charge in [0.2, 0.25) is 5.88 Å². The van der Waals surface area contributed by atoms with Gasteiger partial charge in [0, 0.05) is 29.4 Å². The zero-order valence-corrected chi connectivity index (χ0v) is 17.3. The number of fused-ring (bicyclic) bond motifs is 1. The van der Waals surface area contributed by atoms with Crippen molar-refractivity contribution in [2.75, 3.05) is 6.61 Å². The molecule has 0 fully saturated rings. The zero-order chi connectivity index (χ0) is 23.6. The minimum absolute atomic E-state index is 0.0327. The van der Waals surface area contributed by atoms with Crippen LogP contribution in [0.4, 0.5) is 13.2 Å². The minimum Gasteiger partial charge on any atom is -0.467 e. The molecule has 3 heterocycles. The van der Waals surface area contributed by atoms with Crippen LogP contribution in [-0.2, 0) is 13.1 Å². The lowest BCUT2D eigenvalue weighted by Crippen LogP contribution is -2.24. The first-order valence-corrected chi connectivity index (χ1v) is 9.78. The van der Waals surface area contributed by atoms with E-state index >= 15 is 0 Å². The molecule has 0 bridgehead atoms. The van der Waals surface area contributed by atoms with E-state index in [0.29, 0.717) is 28.1 Å². The summed E-state index contributed by atoms with van der Waals surface area (Å²) in [6.45, 7) is 0.186. The fourth-order valence-electron chi connectivity index (χ4n) is 3.33. The van der Waals surface area contributed by atoms with Crippen molar-refractivity contribution in [3.05, 3.63) is 76.7 Å². The van der Waals surface area contributed by atoms with Crippen molar-refractivity contribution in [3.63, 3.8) is 0 Å². The highest BCUT2D eigenvalue weighted by molar-refractivity contribution is 6.02. The number of ether oxygens (including phenoxy) is 2. The monoisotopic (exact) mass is 458 g/mol. The summed E-state index contributed by atoms with van der Waals surface area (Å²) in [5, 5.41) is 7.56. The Morgan fingerprint density at radius 1 is 1.15 bits per heavy atom. The van der Waals surface area contributed by atoms with E-state index < -0.39 is 18.8 Å². The van der Waals surface area contributed by atoms with E-state index in [1.165, 1.54) is 30.2 Å². The second kappa shape index (κ2) is 8.85. The molecule has 0 saturated carbocycles. The number of rotatable bonds is 6. The SMILES string of the molecule is Cc1cc(CN2Cc3c(ccnc3C(=O)Oc3ccccc3)C2=O)nnc1OCC(F)(F)F. The van der Waals surface area contributed by atoms with Gasteiger partial charge in [-0.05, 0) is 31.2 Å². The number of amides is 1. The van der Waals surface area contributed by atoms with Gasteiger partial charge in [0.05, 0.1) is 12.2 Å². The van der Waals surface area contributed by atoms with Crippen molar-refractivity contribution in [2.45, 2.75) is 26.2 Å². The Balaban J connectivity index is 1.48. The number of pyridine rings is 1. The fourth-order valence-corrected chi connectivity index (χ4v) is 3.33. The Kier molecular flexibility index (Phi) is 5.95. The summed E-state index contributed by atoms with van der Waals surface area (Å²) in [4.78, 5) is 31.0. The standard InChI is InChI=1S/C22H17F3N4O4/c1-13-9-14(27-28-19(13)32-12-22(23,24)25)10-29-11-17-16(20(29)30)7-8-26-18(17)21(31)33-15-5-3-2-4-6-15/h2-9H,10-12H2,1H3. The van der Waals surface area contributed by atoms with Gasteiger partial charge in [-0.2, -0.15) is 13.2 Å². The van der Waals surface area contributed by atoms with Gasteiger partial charge in [-0.3, -0.25) is 4.79 Å². The van der Waals surface area contributed by atoms with E-state index in [1.807, 2.05) is 0 Å². The number of esters is 1. The molecule has 1 aromatic carbocycles. The summed E-state index contributed by atoms with van der Waals surface area (Å²) in [5.41, 5.74) is 1.49. The highest BCUT2D eigenvalue weighted by atomic mass is 19.4. The summed E-state index contributed by atoms with van der Waals surface area (Å²) in [6.07, 6.45) is -3.13. The molecule has 1 aliphatic heterocycles. The summed E-state index contributed by atoms with van der Waals surface area (Å²) < 4.78 is 47.0. The Labute approximate surface area is 186 Å². The van der Waals surface area contributed by atoms with Crippen molar-refractivity contribution >= 4 is 11.9 Å². The number of hydrogen-bond donors (Lipinski definition) is 0. The molecule has 1 aliphatic rings. The number of para-hydroxylation sites is 1. The van der Waals surface area contributed by atoms with Crippen LogP contribution in [0.3, 0.4) is 0 Å². The average Bonchev–Trinajstić information content (AvgIpc) is 3.08. The maximum absolute atomic E-state index is 12.8. The molecule has 170 valence electrons. The average molecular weight is 458 g/mol. The highest BCUT2D eigenvalue weighted by Gasteiger charge is 2.33. The molecule has 0 radical (unpaired) electrons. The molecular formula is C22H17F3N4O4.